The highest BCUT2D eigenvalue weighted by molar-refractivity contribution is 5.96. The Hall–Kier alpha value is -1.59. The molecule has 1 fully saturated rings. The highest BCUT2D eigenvalue weighted by atomic mass is 35.5. The van der Waals surface area contributed by atoms with Crippen molar-refractivity contribution in [2.45, 2.75) is 47.0 Å². The second kappa shape index (κ2) is 11.3. The Bertz CT molecular complexity index is 628. The fourth-order valence-electron chi connectivity index (χ4n) is 3.37. The Morgan fingerprint density at radius 3 is 2.59 bits per heavy atom. The molecule has 1 saturated heterocycles. The quantitative estimate of drug-likeness (QED) is 0.658. The number of piperidine rings is 1. The average molecular weight is 396 g/mol. The molecule has 3 N–H and O–H groups in total. The lowest BCUT2D eigenvalue weighted by Crippen LogP contribution is -2.34. The van der Waals surface area contributed by atoms with Crippen LogP contribution in [-0.2, 0) is 4.79 Å². The third-order valence-electron chi connectivity index (χ3n) is 5.08. The number of carbonyl (C=O) groups excluding carboxylic acids is 2. The van der Waals surface area contributed by atoms with Gasteiger partial charge in [-0.2, -0.15) is 0 Å². The van der Waals surface area contributed by atoms with E-state index in [4.69, 9.17) is 0 Å². The van der Waals surface area contributed by atoms with Gasteiger partial charge < -0.3 is 16.0 Å². The summed E-state index contributed by atoms with van der Waals surface area (Å²) in [7, 11) is 0. The van der Waals surface area contributed by atoms with Crippen molar-refractivity contribution in [1.29, 1.82) is 0 Å². The molecule has 0 spiro atoms. The van der Waals surface area contributed by atoms with Crippen LogP contribution in [0.5, 0.6) is 0 Å². The van der Waals surface area contributed by atoms with Gasteiger partial charge >= 0.3 is 0 Å². The molecule has 27 heavy (non-hydrogen) atoms. The summed E-state index contributed by atoms with van der Waals surface area (Å²) in [6, 6.07) is 5.43. The first-order chi connectivity index (χ1) is 12.4. The molecule has 152 valence electrons. The van der Waals surface area contributed by atoms with E-state index in [1.165, 1.54) is 12.8 Å². The Labute approximate surface area is 169 Å². The van der Waals surface area contributed by atoms with Gasteiger partial charge in [0.25, 0.3) is 5.91 Å². The first kappa shape index (κ1) is 23.4. The summed E-state index contributed by atoms with van der Waals surface area (Å²) >= 11 is 0. The zero-order chi connectivity index (χ0) is 19.1. The summed E-state index contributed by atoms with van der Waals surface area (Å²) < 4.78 is 0. The van der Waals surface area contributed by atoms with Gasteiger partial charge in [0.05, 0.1) is 0 Å². The number of halogens is 1. The van der Waals surface area contributed by atoms with E-state index < -0.39 is 0 Å². The van der Waals surface area contributed by atoms with Gasteiger partial charge in [0, 0.05) is 24.2 Å². The van der Waals surface area contributed by atoms with Crippen LogP contribution in [0.2, 0.25) is 0 Å². The van der Waals surface area contributed by atoms with Crippen molar-refractivity contribution in [2.75, 3.05) is 25.0 Å². The van der Waals surface area contributed by atoms with Crippen molar-refractivity contribution in [1.82, 2.24) is 10.6 Å². The maximum Gasteiger partial charge on any atom is 0.251 e. The smallest absolute Gasteiger partial charge is 0.251 e. The lowest BCUT2D eigenvalue weighted by molar-refractivity contribution is -0.117. The fourth-order valence-corrected chi connectivity index (χ4v) is 3.37. The minimum Gasteiger partial charge on any atom is -0.352 e. The van der Waals surface area contributed by atoms with Gasteiger partial charge in [0.15, 0.2) is 0 Å². The zero-order valence-corrected chi connectivity index (χ0v) is 17.7. The van der Waals surface area contributed by atoms with Crippen molar-refractivity contribution in [3.05, 3.63) is 29.3 Å². The van der Waals surface area contributed by atoms with Crippen LogP contribution in [0, 0.1) is 24.7 Å². The molecule has 2 rings (SSSR count). The van der Waals surface area contributed by atoms with Crippen LogP contribution in [0.15, 0.2) is 18.2 Å². The van der Waals surface area contributed by atoms with E-state index in [9.17, 15) is 9.59 Å². The van der Waals surface area contributed by atoms with Crippen molar-refractivity contribution in [3.63, 3.8) is 0 Å². The Morgan fingerprint density at radius 2 is 2.00 bits per heavy atom. The predicted octanol–water partition coefficient (Wildman–Crippen LogP) is 3.77. The van der Waals surface area contributed by atoms with Crippen LogP contribution in [0.25, 0.3) is 0 Å². The molecule has 1 aliphatic rings. The maximum absolute atomic E-state index is 12.4. The molecule has 2 unspecified atom stereocenters. The molecule has 0 aliphatic carbocycles. The minimum absolute atomic E-state index is 0. The topological polar surface area (TPSA) is 70.2 Å². The van der Waals surface area contributed by atoms with Crippen LogP contribution >= 0.6 is 12.4 Å². The first-order valence-electron chi connectivity index (χ1n) is 9.76. The molecule has 5 nitrogen and oxygen atoms in total. The SMILES string of the molecule is Cc1cc(C(=O)NCC(C)C)ccc1NC(=O)CC(C)C1CCCNC1.Cl. The van der Waals surface area contributed by atoms with E-state index in [-0.39, 0.29) is 24.2 Å². The lowest BCUT2D eigenvalue weighted by Gasteiger charge is -2.28. The number of benzene rings is 1. The predicted molar refractivity (Wildman–Crippen MR) is 114 cm³/mol. The molecule has 1 heterocycles. The fraction of sp³-hybridized carbons (Fsp3) is 0.619. The molecule has 0 radical (unpaired) electrons. The number of nitrogens with one attached hydrogen (secondary N) is 3. The van der Waals surface area contributed by atoms with Crippen molar-refractivity contribution in [3.8, 4) is 0 Å². The van der Waals surface area contributed by atoms with Crippen molar-refractivity contribution < 1.29 is 9.59 Å². The molecule has 2 atom stereocenters. The Morgan fingerprint density at radius 1 is 1.26 bits per heavy atom. The standard InChI is InChI=1S/C21H33N3O2.ClH/c1-14(2)12-23-21(26)17-7-8-19(16(4)10-17)24-20(25)11-15(3)18-6-5-9-22-13-18;/h7-8,10,14-15,18,22H,5-6,9,11-13H2,1-4H3,(H,23,26)(H,24,25);1H. The summed E-state index contributed by atoms with van der Waals surface area (Å²) in [5.41, 5.74) is 2.31. The third-order valence-corrected chi connectivity index (χ3v) is 5.08. The molecule has 1 aliphatic heterocycles. The number of amides is 2. The van der Waals surface area contributed by atoms with Crippen LogP contribution < -0.4 is 16.0 Å². The minimum atomic E-state index is -0.0712. The van der Waals surface area contributed by atoms with E-state index in [0.717, 1.165) is 24.3 Å². The number of hydrogen-bond donors (Lipinski definition) is 3. The molecular weight excluding hydrogens is 362 g/mol. The van der Waals surface area contributed by atoms with E-state index in [2.05, 4.69) is 36.7 Å². The van der Waals surface area contributed by atoms with E-state index >= 15 is 0 Å². The normalized spacial score (nSPS) is 17.7. The number of anilines is 1. The van der Waals surface area contributed by atoms with Gasteiger partial charge in [0.2, 0.25) is 5.91 Å². The van der Waals surface area contributed by atoms with Gasteiger partial charge in [-0.3, -0.25) is 9.59 Å². The van der Waals surface area contributed by atoms with Gasteiger partial charge in [0.1, 0.15) is 0 Å². The van der Waals surface area contributed by atoms with Gasteiger partial charge in [-0.15, -0.1) is 12.4 Å². The van der Waals surface area contributed by atoms with Gasteiger partial charge in [-0.1, -0.05) is 20.8 Å². The van der Waals surface area contributed by atoms with Crippen LogP contribution in [0.3, 0.4) is 0 Å². The second-order valence-electron chi connectivity index (χ2n) is 7.97. The summed E-state index contributed by atoms with van der Waals surface area (Å²) in [6.07, 6.45) is 2.92. The summed E-state index contributed by atoms with van der Waals surface area (Å²) in [6.45, 7) is 11.0. The van der Waals surface area contributed by atoms with Gasteiger partial charge in [-0.05, 0) is 74.4 Å². The number of carbonyl (C=O) groups is 2. The van der Waals surface area contributed by atoms with Crippen LogP contribution in [0.4, 0.5) is 5.69 Å². The summed E-state index contributed by atoms with van der Waals surface area (Å²) in [5.74, 6) is 1.33. The van der Waals surface area contributed by atoms with Gasteiger partial charge in [-0.25, -0.2) is 0 Å². The van der Waals surface area contributed by atoms with Crippen LogP contribution in [-0.4, -0.2) is 31.4 Å². The monoisotopic (exact) mass is 395 g/mol. The average Bonchev–Trinajstić information content (AvgIpc) is 2.62. The van der Waals surface area contributed by atoms with E-state index in [0.29, 0.717) is 36.3 Å². The second-order valence-corrected chi connectivity index (χ2v) is 7.97. The summed E-state index contributed by atoms with van der Waals surface area (Å²) in [4.78, 5) is 24.6. The number of aryl methyl sites for hydroxylation is 1. The number of rotatable bonds is 7. The molecule has 6 heteroatoms. The zero-order valence-electron chi connectivity index (χ0n) is 16.9. The highest BCUT2D eigenvalue weighted by Gasteiger charge is 2.22. The Balaban J connectivity index is 0.00000364. The summed E-state index contributed by atoms with van der Waals surface area (Å²) in [5, 5.41) is 9.33. The molecule has 1 aromatic rings. The Kier molecular flexibility index (Phi) is 9.81. The molecule has 0 bridgehead atoms. The molecule has 1 aromatic carbocycles. The van der Waals surface area contributed by atoms with Crippen LogP contribution in [0.1, 0.15) is 56.0 Å². The largest absolute Gasteiger partial charge is 0.352 e. The van der Waals surface area contributed by atoms with E-state index in [1.54, 1.807) is 6.07 Å². The number of hydrogen-bond acceptors (Lipinski definition) is 3. The molecule has 0 saturated carbocycles. The lowest BCUT2D eigenvalue weighted by atomic mass is 9.85. The maximum atomic E-state index is 12.4. The molecule has 2 amide bonds. The molecular formula is C21H34ClN3O2. The first-order valence-corrected chi connectivity index (χ1v) is 9.76. The highest BCUT2D eigenvalue weighted by Crippen LogP contribution is 2.24. The van der Waals surface area contributed by atoms with Crippen molar-refractivity contribution in [2.24, 2.45) is 17.8 Å². The third kappa shape index (κ3) is 7.51. The van der Waals surface area contributed by atoms with E-state index in [1.807, 2.05) is 19.1 Å². The molecule has 0 aromatic heterocycles. The van der Waals surface area contributed by atoms with Crippen molar-refractivity contribution >= 4 is 29.9 Å².